The van der Waals surface area contributed by atoms with Crippen LogP contribution in [-0.4, -0.2) is 41.1 Å². The zero-order chi connectivity index (χ0) is 17.4. The van der Waals surface area contributed by atoms with Gasteiger partial charge in [-0.1, -0.05) is 30.8 Å². The molecule has 0 saturated carbocycles. The third-order valence-electron chi connectivity index (χ3n) is 4.63. The Morgan fingerprint density at radius 3 is 2.68 bits per heavy atom. The van der Waals surface area contributed by atoms with Crippen molar-refractivity contribution < 1.29 is 9.47 Å². The zero-order valence-electron chi connectivity index (χ0n) is 14.5. The molecule has 0 N–H and O–H groups in total. The Morgan fingerprint density at radius 1 is 1.12 bits per heavy atom. The smallest absolute Gasteiger partial charge is 0.161 e. The van der Waals surface area contributed by atoms with Crippen LogP contribution in [0.3, 0.4) is 0 Å². The predicted octanol–water partition coefficient (Wildman–Crippen LogP) is 3.69. The highest BCUT2D eigenvalue weighted by Crippen LogP contribution is 2.48. The van der Waals surface area contributed by atoms with Gasteiger partial charge in [0.05, 0.1) is 26.0 Å². The molecule has 5 nitrogen and oxygen atoms in total. The lowest BCUT2D eigenvalue weighted by molar-refractivity contribution is 0.317. The van der Waals surface area contributed by atoms with Gasteiger partial charge in [-0.3, -0.25) is 9.98 Å². The number of hydrogen-bond donors (Lipinski definition) is 0. The normalized spacial score (nSPS) is 24.8. The second-order valence-electron chi connectivity index (χ2n) is 6.25. The standard InChI is InChI=1S/C19H21N3O2S/c1-12-11-22-18(13-7-8-15(23-2)16(10-13)24-3)17(21-19(22)25-12)14-6-4-5-9-20-14/h4-10,12,17-18H,11H2,1-3H3/t12-,17+,18-/m0/s1. The van der Waals surface area contributed by atoms with Crippen molar-refractivity contribution in [2.75, 3.05) is 20.8 Å². The van der Waals surface area contributed by atoms with Gasteiger partial charge in [-0.25, -0.2) is 0 Å². The molecular weight excluding hydrogens is 334 g/mol. The summed E-state index contributed by atoms with van der Waals surface area (Å²) in [6, 6.07) is 12.3. The molecule has 0 radical (unpaired) electrons. The summed E-state index contributed by atoms with van der Waals surface area (Å²) in [6.07, 6.45) is 1.83. The highest BCUT2D eigenvalue weighted by atomic mass is 32.2. The molecule has 4 rings (SSSR count). The monoisotopic (exact) mass is 355 g/mol. The van der Waals surface area contributed by atoms with Crippen molar-refractivity contribution >= 4 is 16.9 Å². The van der Waals surface area contributed by atoms with Gasteiger partial charge in [0, 0.05) is 18.0 Å². The number of aromatic nitrogens is 1. The molecule has 2 aliphatic heterocycles. The number of aliphatic imine (C=N–C) groups is 1. The largest absolute Gasteiger partial charge is 0.493 e. The van der Waals surface area contributed by atoms with E-state index in [1.165, 1.54) is 5.56 Å². The van der Waals surface area contributed by atoms with Crippen LogP contribution < -0.4 is 9.47 Å². The lowest BCUT2D eigenvalue weighted by Gasteiger charge is -2.27. The Morgan fingerprint density at radius 2 is 1.96 bits per heavy atom. The summed E-state index contributed by atoms with van der Waals surface area (Å²) in [6.45, 7) is 3.23. The third kappa shape index (κ3) is 2.84. The fourth-order valence-corrected chi connectivity index (χ4v) is 4.61. The number of thioether (sulfide) groups is 1. The van der Waals surface area contributed by atoms with Crippen molar-refractivity contribution in [3.63, 3.8) is 0 Å². The summed E-state index contributed by atoms with van der Waals surface area (Å²) in [7, 11) is 3.33. The van der Waals surface area contributed by atoms with Gasteiger partial charge in [0.15, 0.2) is 16.7 Å². The average molecular weight is 355 g/mol. The molecule has 1 saturated heterocycles. The van der Waals surface area contributed by atoms with Crippen LogP contribution in [0.5, 0.6) is 11.5 Å². The van der Waals surface area contributed by atoms with Gasteiger partial charge in [0.25, 0.3) is 0 Å². The Bertz CT molecular complexity index is 797. The van der Waals surface area contributed by atoms with E-state index in [1.54, 1.807) is 14.2 Å². The summed E-state index contributed by atoms with van der Waals surface area (Å²) in [5, 5.41) is 1.66. The van der Waals surface area contributed by atoms with E-state index in [0.717, 1.165) is 28.9 Å². The average Bonchev–Trinajstić information content (AvgIpc) is 3.17. The number of ether oxygens (including phenoxy) is 2. The van der Waals surface area contributed by atoms with Crippen molar-refractivity contribution in [2.24, 2.45) is 4.99 Å². The lowest BCUT2D eigenvalue weighted by Crippen LogP contribution is -2.28. The van der Waals surface area contributed by atoms with E-state index in [4.69, 9.17) is 14.5 Å². The summed E-state index contributed by atoms with van der Waals surface area (Å²) >= 11 is 1.84. The van der Waals surface area contributed by atoms with Gasteiger partial charge in [0.1, 0.15) is 6.04 Å². The Balaban J connectivity index is 1.77. The first-order chi connectivity index (χ1) is 12.2. The molecule has 0 spiro atoms. The van der Waals surface area contributed by atoms with Crippen molar-refractivity contribution in [2.45, 2.75) is 24.3 Å². The molecule has 0 amide bonds. The maximum atomic E-state index is 5.51. The number of amidine groups is 1. The van der Waals surface area contributed by atoms with Crippen LogP contribution in [0.25, 0.3) is 0 Å². The molecule has 3 heterocycles. The van der Waals surface area contributed by atoms with Crippen molar-refractivity contribution in [1.82, 2.24) is 9.88 Å². The maximum Gasteiger partial charge on any atom is 0.161 e. The Hall–Kier alpha value is -2.21. The molecule has 0 bridgehead atoms. The van der Waals surface area contributed by atoms with Crippen LogP contribution in [0.2, 0.25) is 0 Å². The van der Waals surface area contributed by atoms with E-state index < -0.39 is 0 Å². The van der Waals surface area contributed by atoms with Crippen LogP contribution in [0.1, 0.15) is 30.3 Å². The number of fused-ring (bicyclic) bond motifs is 1. The number of benzene rings is 1. The minimum Gasteiger partial charge on any atom is -0.493 e. The topological polar surface area (TPSA) is 47.0 Å². The minimum absolute atomic E-state index is 0.00528. The van der Waals surface area contributed by atoms with Crippen LogP contribution in [0, 0.1) is 0 Å². The fourth-order valence-electron chi connectivity index (χ4n) is 3.51. The molecule has 6 heteroatoms. The second kappa shape index (κ2) is 6.59. The molecule has 1 aromatic heterocycles. The minimum atomic E-state index is -0.00528. The molecule has 1 aromatic carbocycles. The first kappa shape index (κ1) is 16.3. The Labute approximate surface area is 152 Å². The molecule has 2 aliphatic rings. The fraction of sp³-hybridized carbons (Fsp3) is 0.368. The molecular formula is C19H21N3O2S. The Kier molecular flexibility index (Phi) is 4.29. The molecule has 0 unspecified atom stereocenters. The van der Waals surface area contributed by atoms with Gasteiger partial charge in [-0.05, 0) is 29.8 Å². The van der Waals surface area contributed by atoms with Crippen LogP contribution in [0.15, 0.2) is 47.6 Å². The van der Waals surface area contributed by atoms with E-state index in [9.17, 15) is 0 Å². The van der Waals surface area contributed by atoms with E-state index in [2.05, 4.69) is 35.0 Å². The van der Waals surface area contributed by atoms with Gasteiger partial charge in [0.2, 0.25) is 0 Å². The third-order valence-corrected chi connectivity index (χ3v) is 5.73. The summed E-state index contributed by atoms with van der Waals surface area (Å²) in [5.74, 6) is 1.48. The van der Waals surface area contributed by atoms with Crippen molar-refractivity contribution in [1.29, 1.82) is 0 Å². The lowest BCUT2D eigenvalue weighted by atomic mass is 9.96. The quantitative estimate of drug-likeness (QED) is 0.837. The van der Waals surface area contributed by atoms with Crippen LogP contribution in [0.4, 0.5) is 0 Å². The van der Waals surface area contributed by atoms with Crippen LogP contribution in [-0.2, 0) is 0 Å². The van der Waals surface area contributed by atoms with E-state index in [0.29, 0.717) is 5.25 Å². The molecule has 1 fully saturated rings. The number of hydrogen-bond acceptors (Lipinski definition) is 6. The molecule has 2 aromatic rings. The van der Waals surface area contributed by atoms with Gasteiger partial charge in [-0.15, -0.1) is 0 Å². The van der Waals surface area contributed by atoms with E-state index in [-0.39, 0.29) is 12.1 Å². The summed E-state index contributed by atoms with van der Waals surface area (Å²) in [5.41, 5.74) is 2.17. The second-order valence-corrected chi connectivity index (χ2v) is 7.66. The van der Waals surface area contributed by atoms with E-state index in [1.807, 2.05) is 36.2 Å². The molecule has 130 valence electrons. The van der Waals surface area contributed by atoms with Crippen molar-refractivity contribution in [3.05, 3.63) is 53.9 Å². The highest BCUT2D eigenvalue weighted by molar-refractivity contribution is 8.14. The van der Waals surface area contributed by atoms with Crippen LogP contribution >= 0.6 is 11.8 Å². The molecule has 25 heavy (non-hydrogen) atoms. The highest BCUT2D eigenvalue weighted by Gasteiger charge is 2.43. The number of rotatable bonds is 4. The van der Waals surface area contributed by atoms with Crippen molar-refractivity contribution in [3.8, 4) is 11.5 Å². The van der Waals surface area contributed by atoms with Gasteiger partial charge < -0.3 is 14.4 Å². The zero-order valence-corrected chi connectivity index (χ0v) is 15.4. The van der Waals surface area contributed by atoms with E-state index >= 15 is 0 Å². The predicted molar refractivity (Wildman–Crippen MR) is 100 cm³/mol. The number of pyridine rings is 1. The number of nitrogens with zero attached hydrogens (tertiary/aromatic N) is 3. The molecule has 3 atom stereocenters. The summed E-state index contributed by atoms with van der Waals surface area (Å²) in [4.78, 5) is 12.0. The molecule has 0 aliphatic carbocycles. The van der Waals surface area contributed by atoms with Gasteiger partial charge >= 0.3 is 0 Å². The van der Waals surface area contributed by atoms with Gasteiger partial charge in [-0.2, -0.15) is 0 Å². The first-order valence-corrected chi connectivity index (χ1v) is 9.23. The first-order valence-electron chi connectivity index (χ1n) is 8.35. The SMILES string of the molecule is COc1ccc([C@H]2[C@@H](c3ccccn3)N=C3S[C@@H](C)CN32)cc1OC. The number of methoxy groups -OCH3 is 2. The summed E-state index contributed by atoms with van der Waals surface area (Å²) < 4.78 is 10.9. The maximum absolute atomic E-state index is 5.51.